The normalized spacial score (nSPS) is 10.8. The molecule has 1 aromatic carbocycles. The van der Waals surface area contributed by atoms with Crippen molar-refractivity contribution in [3.8, 4) is 11.8 Å². The molecule has 6 heteroatoms. The van der Waals surface area contributed by atoms with Crippen molar-refractivity contribution in [1.82, 2.24) is 0 Å². The Hall–Kier alpha value is -1.77. The van der Waals surface area contributed by atoms with Crippen LogP contribution >= 0.6 is 12.4 Å². The third-order valence-corrected chi connectivity index (χ3v) is 1.86. The Bertz CT molecular complexity index is 417. The van der Waals surface area contributed by atoms with Crippen LogP contribution in [0.4, 0.5) is 0 Å². The average Bonchev–Trinajstić information content (AvgIpc) is 2.26. The van der Waals surface area contributed by atoms with Gasteiger partial charge in [-0.2, -0.15) is 5.26 Å². The smallest absolute Gasteiger partial charge is 0.305 e. The molecule has 0 aliphatic rings. The van der Waals surface area contributed by atoms with Crippen molar-refractivity contribution in [2.24, 2.45) is 5.73 Å². The molecular formula is C11H13ClN2O3. The maximum atomic E-state index is 10.3. The molecule has 0 fully saturated rings. The van der Waals surface area contributed by atoms with Crippen molar-refractivity contribution in [1.29, 1.82) is 5.26 Å². The molecular weight excluding hydrogens is 244 g/mol. The summed E-state index contributed by atoms with van der Waals surface area (Å²) in [4.78, 5) is 10.3. The Labute approximate surface area is 105 Å². The van der Waals surface area contributed by atoms with Crippen molar-refractivity contribution >= 4 is 18.4 Å². The fourth-order valence-corrected chi connectivity index (χ4v) is 1.14. The van der Waals surface area contributed by atoms with Crippen LogP contribution in [0.15, 0.2) is 24.3 Å². The van der Waals surface area contributed by atoms with Crippen LogP contribution in [0.25, 0.3) is 0 Å². The van der Waals surface area contributed by atoms with E-state index in [0.29, 0.717) is 11.3 Å². The summed E-state index contributed by atoms with van der Waals surface area (Å²) in [6.07, 6.45) is -0.141. The van der Waals surface area contributed by atoms with Crippen LogP contribution in [0.1, 0.15) is 12.0 Å². The van der Waals surface area contributed by atoms with E-state index >= 15 is 0 Å². The molecule has 0 aliphatic carbocycles. The molecule has 0 spiro atoms. The number of hydrogen-bond donors (Lipinski definition) is 2. The van der Waals surface area contributed by atoms with Gasteiger partial charge in [-0.3, -0.25) is 4.79 Å². The van der Waals surface area contributed by atoms with Gasteiger partial charge in [-0.05, 0) is 18.2 Å². The monoisotopic (exact) mass is 256 g/mol. The predicted octanol–water partition coefficient (Wildman–Crippen LogP) is 1.16. The number of nitrogens with zero attached hydrogens (tertiary/aromatic N) is 1. The van der Waals surface area contributed by atoms with E-state index in [4.69, 9.17) is 20.8 Å². The number of nitriles is 1. The summed E-state index contributed by atoms with van der Waals surface area (Å²) in [6, 6.07) is 8.04. The third kappa shape index (κ3) is 5.76. The van der Waals surface area contributed by atoms with Gasteiger partial charge in [0.2, 0.25) is 0 Å². The highest BCUT2D eigenvalue weighted by Gasteiger charge is 2.08. The van der Waals surface area contributed by atoms with E-state index in [1.54, 1.807) is 24.3 Å². The second-order valence-electron chi connectivity index (χ2n) is 3.31. The van der Waals surface area contributed by atoms with E-state index in [2.05, 4.69) is 0 Å². The van der Waals surface area contributed by atoms with Crippen molar-refractivity contribution in [3.63, 3.8) is 0 Å². The van der Waals surface area contributed by atoms with Crippen molar-refractivity contribution in [2.75, 3.05) is 6.61 Å². The zero-order chi connectivity index (χ0) is 12.0. The van der Waals surface area contributed by atoms with E-state index in [1.165, 1.54) is 0 Å². The minimum Gasteiger partial charge on any atom is -0.492 e. The summed E-state index contributed by atoms with van der Waals surface area (Å²) >= 11 is 0. The Balaban J connectivity index is 0.00000256. The number of rotatable bonds is 5. The molecule has 1 atom stereocenters. The quantitative estimate of drug-likeness (QED) is 0.824. The Morgan fingerprint density at radius 3 is 2.88 bits per heavy atom. The SMILES string of the molecule is Cl.N#Cc1cccc(OC[C@H](N)CC(=O)O)c1. The van der Waals surface area contributed by atoms with Gasteiger partial charge in [-0.1, -0.05) is 6.07 Å². The molecule has 17 heavy (non-hydrogen) atoms. The van der Waals surface area contributed by atoms with Crippen LogP contribution in [-0.4, -0.2) is 23.7 Å². The van der Waals surface area contributed by atoms with Crippen molar-refractivity contribution in [3.05, 3.63) is 29.8 Å². The van der Waals surface area contributed by atoms with Crippen molar-refractivity contribution < 1.29 is 14.6 Å². The minimum atomic E-state index is -0.957. The fourth-order valence-electron chi connectivity index (χ4n) is 1.14. The molecule has 0 saturated heterocycles. The molecule has 0 radical (unpaired) electrons. The summed E-state index contributed by atoms with van der Waals surface area (Å²) in [7, 11) is 0. The lowest BCUT2D eigenvalue weighted by Crippen LogP contribution is -2.30. The van der Waals surface area contributed by atoms with Crippen LogP contribution in [-0.2, 0) is 4.79 Å². The number of carboxylic acids is 1. The van der Waals surface area contributed by atoms with E-state index in [0.717, 1.165) is 0 Å². The molecule has 0 amide bonds. The summed E-state index contributed by atoms with van der Waals surface area (Å²) in [6.45, 7) is 0.112. The maximum Gasteiger partial charge on any atom is 0.305 e. The molecule has 0 unspecified atom stereocenters. The summed E-state index contributed by atoms with van der Waals surface area (Å²) in [5.41, 5.74) is 6.01. The first kappa shape index (κ1) is 15.2. The van der Waals surface area contributed by atoms with Crippen LogP contribution in [0, 0.1) is 11.3 Å². The van der Waals surface area contributed by atoms with Gasteiger partial charge >= 0.3 is 5.97 Å². The summed E-state index contributed by atoms with van der Waals surface area (Å²) in [5.74, 6) is -0.443. The molecule has 0 aliphatic heterocycles. The molecule has 0 heterocycles. The Morgan fingerprint density at radius 2 is 2.29 bits per heavy atom. The molecule has 5 nitrogen and oxygen atoms in total. The van der Waals surface area contributed by atoms with Gasteiger partial charge in [0.25, 0.3) is 0 Å². The highest BCUT2D eigenvalue weighted by atomic mass is 35.5. The van der Waals surface area contributed by atoms with Gasteiger partial charge in [0.05, 0.1) is 18.1 Å². The first-order valence-corrected chi connectivity index (χ1v) is 4.72. The molecule has 0 saturated carbocycles. The molecule has 92 valence electrons. The molecule has 0 bridgehead atoms. The molecule has 1 aromatic rings. The van der Waals surface area contributed by atoms with Gasteiger partial charge in [-0.15, -0.1) is 12.4 Å². The number of ether oxygens (including phenoxy) is 1. The highest BCUT2D eigenvalue weighted by Crippen LogP contribution is 2.12. The third-order valence-electron chi connectivity index (χ3n) is 1.86. The van der Waals surface area contributed by atoms with Crippen LogP contribution in [0.5, 0.6) is 5.75 Å². The first-order chi connectivity index (χ1) is 7.61. The number of hydrogen-bond acceptors (Lipinski definition) is 4. The average molecular weight is 257 g/mol. The number of benzene rings is 1. The van der Waals surface area contributed by atoms with Gasteiger partial charge < -0.3 is 15.6 Å². The number of carbonyl (C=O) groups is 1. The lowest BCUT2D eigenvalue weighted by atomic mass is 10.2. The zero-order valence-electron chi connectivity index (χ0n) is 9.00. The lowest BCUT2D eigenvalue weighted by Gasteiger charge is -2.11. The van der Waals surface area contributed by atoms with Gasteiger partial charge in [0, 0.05) is 6.04 Å². The number of carboxylic acid groups (broad SMARTS) is 1. The second kappa shape index (κ2) is 7.49. The largest absolute Gasteiger partial charge is 0.492 e. The van der Waals surface area contributed by atoms with Crippen LogP contribution in [0.2, 0.25) is 0 Å². The Morgan fingerprint density at radius 1 is 1.59 bits per heavy atom. The molecule has 1 rings (SSSR count). The molecule has 0 aromatic heterocycles. The maximum absolute atomic E-state index is 10.3. The minimum absolute atomic E-state index is 0. The number of aliphatic carboxylic acids is 1. The van der Waals surface area contributed by atoms with E-state index in [1.807, 2.05) is 6.07 Å². The summed E-state index contributed by atoms with van der Waals surface area (Å²) in [5, 5.41) is 17.1. The standard InChI is InChI=1S/C11H12N2O3.ClH/c12-6-8-2-1-3-10(4-8)16-7-9(13)5-11(14)15;/h1-4,9H,5,7,13H2,(H,14,15);1H/t9-;/m1./s1. The van der Waals surface area contributed by atoms with Crippen LogP contribution in [0.3, 0.4) is 0 Å². The number of halogens is 1. The van der Waals surface area contributed by atoms with E-state index in [9.17, 15) is 4.79 Å². The summed E-state index contributed by atoms with van der Waals surface area (Å²) < 4.78 is 5.27. The zero-order valence-corrected chi connectivity index (χ0v) is 9.81. The Kier molecular flexibility index (Phi) is 6.71. The first-order valence-electron chi connectivity index (χ1n) is 4.72. The van der Waals surface area contributed by atoms with Crippen LogP contribution < -0.4 is 10.5 Å². The highest BCUT2D eigenvalue weighted by molar-refractivity contribution is 5.85. The topological polar surface area (TPSA) is 96.3 Å². The van der Waals surface area contributed by atoms with Gasteiger partial charge in [0.1, 0.15) is 12.4 Å². The lowest BCUT2D eigenvalue weighted by molar-refractivity contribution is -0.137. The predicted molar refractivity (Wildman–Crippen MR) is 64.1 cm³/mol. The van der Waals surface area contributed by atoms with E-state index in [-0.39, 0.29) is 25.4 Å². The van der Waals surface area contributed by atoms with E-state index < -0.39 is 12.0 Å². The van der Waals surface area contributed by atoms with Gasteiger partial charge in [-0.25, -0.2) is 0 Å². The van der Waals surface area contributed by atoms with Gasteiger partial charge in [0.15, 0.2) is 0 Å². The molecule has 3 N–H and O–H groups in total. The van der Waals surface area contributed by atoms with Crippen molar-refractivity contribution in [2.45, 2.75) is 12.5 Å². The fraction of sp³-hybridized carbons (Fsp3) is 0.273. The second-order valence-corrected chi connectivity index (χ2v) is 3.31. The number of nitrogens with two attached hydrogens (primary N) is 1.